The molecule has 3 aromatic rings. The summed E-state index contributed by atoms with van der Waals surface area (Å²) in [6.07, 6.45) is 6.86. The molecule has 30 heavy (non-hydrogen) atoms. The van der Waals surface area contributed by atoms with Crippen molar-refractivity contribution < 1.29 is 9.18 Å². The predicted molar refractivity (Wildman–Crippen MR) is 118 cm³/mol. The number of urea groups is 1. The number of carbonyl (C=O) groups is 1. The Kier molecular flexibility index (Phi) is 6.09. The molecule has 1 fully saturated rings. The summed E-state index contributed by atoms with van der Waals surface area (Å²) in [5.41, 5.74) is 2.18. The number of benzene rings is 2. The number of halogens is 2. The van der Waals surface area contributed by atoms with Gasteiger partial charge >= 0.3 is 6.03 Å². The monoisotopic (exact) mass is 425 g/mol. The molecular formula is C22H21ClFN5O. The first kappa shape index (κ1) is 20.1. The Labute approximate surface area is 179 Å². The van der Waals surface area contributed by atoms with Gasteiger partial charge in [0.1, 0.15) is 5.69 Å². The van der Waals surface area contributed by atoms with E-state index in [2.05, 4.69) is 25.5 Å². The maximum Gasteiger partial charge on any atom is 0.323 e. The van der Waals surface area contributed by atoms with Crippen molar-refractivity contribution in [1.29, 1.82) is 0 Å². The number of anilines is 3. The molecule has 1 saturated heterocycles. The Morgan fingerprint density at radius 1 is 1.00 bits per heavy atom. The Hall–Kier alpha value is -3.19. The average molecular weight is 426 g/mol. The third-order valence-electron chi connectivity index (χ3n) is 4.93. The Bertz CT molecular complexity index is 1060. The Balaban J connectivity index is 1.53. The summed E-state index contributed by atoms with van der Waals surface area (Å²) in [5.74, 6) is 0.175. The summed E-state index contributed by atoms with van der Waals surface area (Å²) in [7, 11) is 0. The van der Waals surface area contributed by atoms with E-state index in [9.17, 15) is 9.18 Å². The van der Waals surface area contributed by atoms with Crippen LogP contribution in [-0.2, 0) is 0 Å². The maximum absolute atomic E-state index is 14.0. The lowest BCUT2D eigenvalue weighted by molar-refractivity contribution is 0.262. The van der Waals surface area contributed by atoms with Gasteiger partial charge in [-0.15, -0.1) is 0 Å². The minimum Gasteiger partial charge on any atom is -0.355 e. The number of rotatable bonds is 4. The molecule has 1 aliphatic rings. The normalized spacial score (nSPS) is 13.7. The van der Waals surface area contributed by atoms with Crippen LogP contribution in [0.25, 0.3) is 11.3 Å². The van der Waals surface area contributed by atoms with Gasteiger partial charge in [0.25, 0.3) is 0 Å². The molecule has 0 bridgehead atoms. The zero-order valence-corrected chi connectivity index (χ0v) is 17.0. The maximum atomic E-state index is 14.0. The molecule has 0 aliphatic carbocycles. The average Bonchev–Trinajstić information content (AvgIpc) is 2.78. The van der Waals surface area contributed by atoms with Crippen molar-refractivity contribution >= 4 is 34.8 Å². The van der Waals surface area contributed by atoms with Crippen LogP contribution in [0.2, 0.25) is 5.02 Å². The minimum atomic E-state index is -0.672. The molecule has 0 saturated carbocycles. The van der Waals surface area contributed by atoms with Gasteiger partial charge in [0.05, 0.1) is 10.7 Å². The van der Waals surface area contributed by atoms with Crippen LogP contribution in [0.3, 0.4) is 0 Å². The molecule has 0 unspecified atom stereocenters. The zero-order valence-electron chi connectivity index (χ0n) is 16.2. The minimum absolute atomic E-state index is 0.0115. The molecule has 8 heteroatoms. The molecule has 0 atom stereocenters. The van der Waals surface area contributed by atoms with E-state index in [1.807, 2.05) is 18.2 Å². The van der Waals surface area contributed by atoms with Crippen molar-refractivity contribution in [3.05, 3.63) is 65.7 Å². The van der Waals surface area contributed by atoms with Crippen LogP contribution < -0.4 is 15.5 Å². The number of aromatic nitrogens is 2. The molecule has 2 heterocycles. The van der Waals surface area contributed by atoms with E-state index in [4.69, 9.17) is 11.6 Å². The van der Waals surface area contributed by atoms with Crippen LogP contribution in [0.5, 0.6) is 0 Å². The van der Waals surface area contributed by atoms with E-state index >= 15 is 0 Å². The Morgan fingerprint density at radius 2 is 1.77 bits per heavy atom. The number of nitrogens with zero attached hydrogens (tertiary/aromatic N) is 3. The van der Waals surface area contributed by atoms with E-state index in [1.165, 1.54) is 18.6 Å². The fourth-order valence-corrected chi connectivity index (χ4v) is 3.68. The predicted octanol–water partition coefficient (Wildman–Crippen LogP) is 5.57. The molecule has 1 aromatic heterocycles. The summed E-state index contributed by atoms with van der Waals surface area (Å²) in [6, 6.07) is 11.2. The quantitative estimate of drug-likeness (QED) is 0.573. The lowest BCUT2D eigenvalue weighted by Crippen LogP contribution is -2.30. The van der Waals surface area contributed by atoms with Crippen LogP contribution in [0.15, 0.2) is 54.9 Å². The summed E-state index contributed by atoms with van der Waals surface area (Å²) in [4.78, 5) is 23.7. The van der Waals surface area contributed by atoms with Gasteiger partial charge in [-0.1, -0.05) is 29.8 Å². The molecular weight excluding hydrogens is 405 g/mol. The van der Waals surface area contributed by atoms with Crippen molar-refractivity contribution in [3.63, 3.8) is 0 Å². The molecule has 2 amide bonds. The molecule has 1 aliphatic heterocycles. The second-order valence-electron chi connectivity index (χ2n) is 7.04. The van der Waals surface area contributed by atoms with E-state index in [1.54, 1.807) is 24.5 Å². The van der Waals surface area contributed by atoms with Gasteiger partial charge in [-0.3, -0.25) is 4.98 Å². The van der Waals surface area contributed by atoms with Gasteiger partial charge in [0.15, 0.2) is 11.6 Å². The van der Waals surface area contributed by atoms with Crippen molar-refractivity contribution in [2.24, 2.45) is 0 Å². The van der Waals surface area contributed by atoms with E-state index in [-0.39, 0.29) is 10.7 Å². The largest absolute Gasteiger partial charge is 0.355 e. The van der Waals surface area contributed by atoms with Gasteiger partial charge in [-0.2, -0.15) is 0 Å². The highest BCUT2D eigenvalue weighted by Gasteiger charge is 2.18. The fraction of sp³-hybridized carbons (Fsp3) is 0.227. The SMILES string of the molecule is O=C(Nc1cccc(-c2nccnc2N2CCCCC2)c1)Nc1cccc(Cl)c1F. The molecule has 4 rings (SSSR count). The third kappa shape index (κ3) is 4.52. The van der Waals surface area contributed by atoms with Crippen LogP contribution in [0.1, 0.15) is 19.3 Å². The molecule has 2 N–H and O–H groups in total. The summed E-state index contributed by atoms with van der Waals surface area (Å²) in [5, 5.41) is 5.15. The first-order valence-corrected chi connectivity index (χ1v) is 10.2. The van der Waals surface area contributed by atoms with Crippen LogP contribution >= 0.6 is 11.6 Å². The van der Waals surface area contributed by atoms with Crippen LogP contribution in [-0.4, -0.2) is 29.1 Å². The van der Waals surface area contributed by atoms with Crippen molar-refractivity contribution in [3.8, 4) is 11.3 Å². The molecule has 0 radical (unpaired) electrons. The fourth-order valence-electron chi connectivity index (χ4n) is 3.50. The summed E-state index contributed by atoms with van der Waals surface area (Å²) < 4.78 is 14.0. The van der Waals surface area contributed by atoms with E-state index < -0.39 is 11.8 Å². The van der Waals surface area contributed by atoms with Gasteiger partial charge in [-0.25, -0.2) is 14.2 Å². The first-order chi connectivity index (χ1) is 14.6. The highest BCUT2D eigenvalue weighted by Crippen LogP contribution is 2.30. The van der Waals surface area contributed by atoms with E-state index in [0.717, 1.165) is 43.0 Å². The molecule has 154 valence electrons. The summed E-state index contributed by atoms with van der Waals surface area (Å²) in [6.45, 7) is 1.91. The molecule has 0 spiro atoms. The Morgan fingerprint density at radius 3 is 2.60 bits per heavy atom. The van der Waals surface area contributed by atoms with Crippen molar-refractivity contribution in [1.82, 2.24) is 9.97 Å². The highest BCUT2D eigenvalue weighted by molar-refractivity contribution is 6.31. The second kappa shape index (κ2) is 9.09. The van der Waals surface area contributed by atoms with Gasteiger partial charge in [0, 0.05) is 36.7 Å². The van der Waals surface area contributed by atoms with E-state index in [0.29, 0.717) is 5.69 Å². The zero-order chi connectivity index (χ0) is 20.9. The molecule has 6 nitrogen and oxygen atoms in total. The first-order valence-electron chi connectivity index (χ1n) is 9.80. The smallest absolute Gasteiger partial charge is 0.323 e. The standard InChI is InChI=1S/C22H21ClFN5O/c23-17-8-5-9-18(19(17)24)28-22(30)27-16-7-4-6-15(14-16)20-21(26-11-10-25-20)29-12-2-1-3-13-29/h4-11,14H,1-3,12-13H2,(H2,27,28,30). The number of hydrogen-bond acceptors (Lipinski definition) is 4. The lowest BCUT2D eigenvalue weighted by atomic mass is 10.1. The van der Waals surface area contributed by atoms with Crippen LogP contribution in [0.4, 0.5) is 26.4 Å². The van der Waals surface area contributed by atoms with Gasteiger partial charge in [-0.05, 0) is 43.5 Å². The number of piperidine rings is 1. The van der Waals surface area contributed by atoms with Crippen molar-refractivity contribution in [2.45, 2.75) is 19.3 Å². The lowest BCUT2D eigenvalue weighted by Gasteiger charge is -2.28. The van der Waals surface area contributed by atoms with Crippen molar-refractivity contribution in [2.75, 3.05) is 28.6 Å². The number of amides is 2. The second-order valence-corrected chi connectivity index (χ2v) is 7.44. The number of hydrogen-bond donors (Lipinski definition) is 2. The third-order valence-corrected chi connectivity index (χ3v) is 5.22. The number of nitrogens with one attached hydrogen (secondary N) is 2. The number of carbonyl (C=O) groups excluding carboxylic acids is 1. The van der Waals surface area contributed by atoms with Gasteiger partial charge < -0.3 is 15.5 Å². The molecule has 2 aromatic carbocycles. The summed E-state index contributed by atoms with van der Waals surface area (Å²) >= 11 is 5.76. The topological polar surface area (TPSA) is 70.2 Å². The van der Waals surface area contributed by atoms with Crippen LogP contribution in [0, 0.1) is 5.82 Å². The van der Waals surface area contributed by atoms with Gasteiger partial charge in [0.2, 0.25) is 0 Å². The highest BCUT2D eigenvalue weighted by atomic mass is 35.5.